The van der Waals surface area contributed by atoms with E-state index in [4.69, 9.17) is 0 Å². The van der Waals surface area contributed by atoms with Gasteiger partial charge in [0, 0.05) is 18.5 Å². The van der Waals surface area contributed by atoms with Crippen LogP contribution in [0, 0.1) is 0 Å². The van der Waals surface area contributed by atoms with Gasteiger partial charge in [-0.1, -0.05) is 6.07 Å². The number of rotatable bonds is 5. The summed E-state index contributed by atoms with van der Waals surface area (Å²) in [4.78, 5) is 16.2. The third-order valence-corrected chi connectivity index (χ3v) is 3.02. The molecule has 3 aromatic rings. The molecular formula is C14H13F2N7O. The first-order valence-corrected chi connectivity index (χ1v) is 6.96. The first kappa shape index (κ1) is 15.6. The number of alkyl halides is 2. The van der Waals surface area contributed by atoms with E-state index >= 15 is 0 Å². The Bertz CT molecular complexity index is 815. The first-order chi connectivity index (χ1) is 11.6. The molecule has 0 aliphatic heterocycles. The lowest BCUT2D eigenvalue weighted by atomic mass is 10.2. The van der Waals surface area contributed by atoms with Crippen LogP contribution in [0.5, 0.6) is 0 Å². The van der Waals surface area contributed by atoms with Crippen molar-refractivity contribution in [2.45, 2.75) is 13.0 Å². The standard InChI is InChI=1S/C14H13F2N7O/c15-11(16)8-23-6-4-12(22-23)20-14(24)19-10-7-18-21-13(10)9-3-1-2-5-17-9/h1-7,11H,8H2,(H,18,21)(H2,19,20,22,24). The van der Waals surface area contributed by atoms with Crippen molar-refractivity contribution < 1.29 is 13.6 Å². The van der Waals surface area contributed by atoms with Crippen molar-refractivity contribution >= 4 is 17.5 Å². The summed E-state index contributed by atoms with van der Waals surface area (Å²) in [5.41, 5.74) is 1.60. The third kappa shape index (κ3) is 3.72. The van der Waals surface area contributed by atoms with Crippen molar-refractivity contribution in [1.29, 1.82) is 0 Å². The fourth-order valence-electron chi connectivity index (χ4n) is 2.03. The second-order valence-corrected chi connectivity index (χ2v) is 4.77. The van der Waals surface area contributed by atoms with Crippen molar-refractivity contribution in [3.05, 3.63) is 42.9 Å². The van der Waals surface area contributed by atoms with Gasteiger partial charge < -0.3 is 5.32 Å². The van der Waals surface area contributed by atoms with E-state index < -0.39 is 19.0 Å². The highest BCUT2D eigenvalue weighted by Crippen LogP contribution is 2.23. The minimum atomic E-state index is -2.52. The molecule has 10 heteroatoms. The molecule has 0 spiro atoms. The van der Waals surface area contributed by atoms with Crippen LogP contribution in [0.25, 0.3) is 11.4 Å². The van der Waals surface area contributed by atoms with Gasteiger partial charge in [0.15, 0.2) is 5.82 Å². The molecule has 3 heterocycles. The third-order valence-electron chi connectivity index (χ3n) is 3.02. The van der Waals surface area contributed by atoms with Crippen LogP contribution in [-0.4, -0.2) is 37.4 Å². The van der Waals surface area contributed by atoms with Gasteiger partial charge in [0.1, 0.15) is 12.2 Å². The zero-order chi connectivity index (χ0) is 16.9. The molecule has 0 fully saturated rings. The molecule has 2 amide bonds. The van der Waals surface area contributed by atoms with Crippen LogP contribution >= 0.6 is 0 Å². The number of hydrogen-bond acceptors (Lipinski definition) is 4. The van der Waals surface area contributed by atoms with Gasteiger partial charge in [-0.2, -0.15) is 10.2 Å². The maximum atomic E-state index is 12.3. The fourth-order valence-corrected chi connectivity index (χ4v) is 2.03. The summed E-state index contributed by atoms with van der Waals surface area (Å²) in [5.74, 6) is 0.163. The van der Waals surface area contributed by atoms with Gasteiger partial charge in [-0.05, 0) is 12.1 Å². The smallest absolute Gasteiger partial charge is 0.304 e. The lowest BCUT2D eigenvalue weighted by molar-refractivity contribution is 0.122. The monoisotopic (exact) mass is 333 g/mol. The maximum absolute atomic E-state index is 12.3. The van der Waals surface area contributed by atoms with E-state index in [1.165, 1.54) is 18.5 Å². The molecule has 0 atom stereocenters. The van der Waals surface area contributed by atoms with Gasteiger partial charge in [0.25, 0.3) is 6.43 Å². The molecule has 0 saturated heterocycles. The molecule has 3 N–H and O–H groups in total. The molecule has 0 bridgehead atoms. The number of pyridine rings is 1. The molecule has 0 aliphatic carbocycles. The Morgan fingerprint density at radius 2 is 2.17 bits per heavy atom. The molecule has 24 heavy (non-hydrogen) atoms. The SMILES string of the molecule is O=C(Nc1ccn(CC(F)F)n1)Nc1cn[nH]c1-c1ccccn1. The van der Waals surface area contributed by atoms with E-state index in [-0.39, 0.29) is 5.82 Å². The largest absolute Gasteiger partial charge is 0.325 e. The number of aromatic nitrogens is 5. The van der Waals surface area contributed by atoms with E-state index in [2.05, 4.69) is 30.9 Å². The number of H-pyrrole nitrogens is 1. The number of halogens is 2. The number of carbonyl (C=O) groups excluding carboxylic acids is 1. The van der Waals surface area contributed by atoms with Gasteiger partial charge in [0.2, 0.25) is 0 Å². The average molecular weight is 333 g/mol. The lowest BCUT2D eigenvalue weighted by Gasteiger charge is -2.06. The maximum Gasteiger partial charge on any atom is 0.325 e. The second-order valence-electron chi connectivity index (χ2n) is 4.77. The van der Waals surface area contributed by atoms with Crippen molar-refractivity contribution in [2.24, 2.45) is 0 Å². The van der Waals surface area contributed by atoms with Gasteiger partial charge in [-0.3, -0.25) is 20.1 Å². The summed E-state index contributed by atoms with van der Waals surface area (Å²) < 4.78 is 25.6. The Balaban J connectivity index is 1.66. The summed E-state index contributed by atoms with van der Waals surface area (Å²) >= 11 is 0. The van der Waals surface area contributed by atoms with Gasteiger partial charge in [0.05, 0.1) is 17.6 Å². The Kier molecular flexibility index (Phi) is 4.45. The van der Waals surface area contributed by atoms with Crippen LogP contribution in [0.3, 0.4) is 0 Å². The van der Waals surface area contributed by atoms with Crippen molar-refractivity contribution in [2.75, 3.05) is 10.6 Å². The number of anilines is 2. The molecule has 0 saturated carbocycles. The number of hydrogen-bond donors (Lipinski definition) is 3. The fraction of sp³-hybridized carbons (Fsp3) is 0.143. The minimum Gasteiger partial charge on any atom is -0.304 e. The summed E-state index contributed by atoms with van der Waals surface area (Å²) in [7, 11) is 0. The van der Waals surface area contributed by atoms with Gasteiger partial charge in [-0.15, -0.1) is 0 Å². The number of carbonyl (C=O) groups is 1. The van der Waals surface area contributed by atoms with E-state index in [1.54, 1.807) is 18.3 Å². The topological polar surface area (TPSA) is 101 Å². The highest BCUT2D eigenvalue weighted by Gasteiger charge is 2.13. The zero-order valence-corrected chi connectivity index (χ0v) is 12.3. The second kappa shape index (κ2) is 6.86. The number of nitrogens with one attached hydrogen (secondary N) is 3. The van der Waals surface area contributed by atoms with Crippen LogP contribution in [0.4, 0.5) is 25.1 Å². The molecule has 0 unspecified atom stereocenters. The van der Waals surface area contributed by atoms with E-state index in [0.717, 1.165) is 4.68 Å². The number of aromatic amines is 1. The van der Waals surface area contributed by atoms with Crippen LogP contribution < -0.4 is 10.6 Å². The Hall–Kier alpha value is -3.30. The lowest BCUT2D eigenvalue weighted by Crippen LogP contribution is -2.20. The van der Waals surface area contributed by atoms with Crippen LogP contribution in [-0.2, 0) is 6.54 Å². The summed E-state index contributed by atoms with van der Waals surface area (Å²) in [6.45, 7) is -0.533. The number of nitrogens with zero attached hydrogens (tertiary/aromatic N) is 4. The van der Waals surface area contributed by atoms with E-state index in [9.17, 15) is 13.6 Å². The molecule has 8 nitrogen and oxygen atoms in total. The molecule has 0 aromatic carbocycles. The predicted octanol–water partition coefficient (Wildman–Crippen LogP) is 2.58. The number of amides is 2. The predicted molar refractivity (Wildman–Crippen MR) is 82.7 cm³/mol. The highest BCUT2D eigenvalue weighted by atomic mass is 19.3. The first-order valence-electron chi connectivity index (χ1n) is 6.96. The minimum absolute atomic E-state index is 0.163. The normalized spacial score (nSPS) is 10.8. The molecule has 0 radical (unpaired) electrons. The van der Waals surface area contributed by atoms with Crippen molar-refractivity contribution in [1.82, 2.24) is 25.0 Å². The molecule has 3 aromatic heterocycles. The van der Waals surface area contributed by atoms with Crippen molar-refractivity contribution in [3.8, 4) is 11.4 Å². The Labute approximate surface area is 134 Å². The van der Waals surface area contributed by atoms with Crippen LogP contribution in [0.1, 0.15) is 0 Å². The summed E-state index contributed by atoms with van der Waals surface area (Å²) in [6, 6.07) is 6.20. The quantitative estimate of drug-likeness (QED) is 0.668. The van der Waals surface area contributed by atoms with Gasteiger partial charge >= 0.3 is 6.03 Å². The number of urea groups is 1. The Morgan fingerprint density at radius 1 is 1.29 bits per heavy atom. The molecule has 0 aliphatic rings. The Morgan fingerprint density at radius 3 is 2.92 bits per heavy atom. The van der Waals surface area contributed by atoms with Crippen molar-refractivity contribution in [3.63, 3.8) is 0 Å². The van der Waals surface area contributed by atoms with Gasteiger partial charge in [-0.25, -0.2) is 13.6 Å². The molecule has 124 valence electrons. The highest BCUT2D eigenvalue weighted by molar-refractivity contribution is 6.01. The summed E-state index contributed by atoms with van der Waals surface area (Å²) in [5, 5.41) is 15.5. The van der Waals surface area contributed by atoms with E-state index in [0.29, 0.717) is 17.1 Å². The zero-order valence-electron chi connectivity index (χ0n) is 12.3. The van der Waals surface area contributed by atoms with Crippen LogP contribution in [0.15, 0.2) is 42.9 Å². The molecule has 3 rings (SSSR count). The van der Waals surface area contributed by atoms with E-state index in [1.807, 2.05) is 6.07 Å². The average Bonchev–Trinajstić information content (AvgIpc) is 3.17. The van der Waals surface area contributed by atoms with Crippen LogP contribution in [0.2, 0.25) is 0 Å². The summed E-state index contributed by atoms with van der Waals surface area (Å²) in [6.07, 6.45) is 1.91. The molecular weight excluding hydrogens is 320 g/mol.